The number of fused-ring (bicyclic) bond motifs is 1. The molecular formula is C17H15F2NO3S. The fourth-order valence-corrected chi connectivity index (χ4v) is 3.74. The second-order valence-electron chi connectivity index (χ2n) is 5.46. The second kappa shape index (κ2) is 5.99. The summed E-state index contributed by atoms with van der Waals surface area (Å²) in [5.41, 5.74) is 0.651. The molecule has 0 fully saturated rings. The van der Waals surface area contributed by atoms with Crippen LogP contribution in [-0.4, -0.2) is 19.8 Å². The van der Waals surface area contributed by atoms with Gasteiger partial charge < -0.3 is 4.42 Å². The van der Waals surface area contributed by atoms with E-state index in [2.05, 4.69) is 0 Å². The molecule has 1 heterocycles. The van der Waals surface area contributed by atoms with E-state index in [9.17, 15) is 17.2 Å². The highest BCUT2D eigenvalue weighted by atomic mass is 32.2. The van der Waals surface area contributed by atoms with Crippen molar-refractivity contribution in [3.63, 3.8) is 0 Å². The molecule has 0 aliphatic carbocycles. The van der Waals surface area contributed by atoms with Gasteiger partial charge in [0, 0.05) is 12.4 Å². The SMILES string of the molecule is C[C@H](c1cc2ccccc2o1)N(C)S(=O)(=O)c1ccc(F)c(F)c1. The van der Waals surface area contributed by atoms with Crippen molar-refractivity contribution in [2.24, 2.45) is 0 Å². The van der Waals surface area contributed by atoms with Crippen molar-refractivity contribution in [3.05, 3.63) is 65.9 Å². The Labute approximate surface area is 138 Å². The van der Waals surface area contributed by atoms with Gasteiger partial charge in [-0.25, -0.2) is 17.2 Å². The summed E-state index contributed by atoms with van der Waals surface area (Å²) >= 11 is 0. The largest absolute Gasteiger partial charge is 0.459 e. The van der Waals surface area contributed by atoms with Gasteiger partial charge in [-0.05, 0) is 37.3 Å². The van der Waals surface area contributed by atoms with Crippen molar-refractivity contribution in [3.8, 4) is 0 Å². The van der Waals surface area contributed by atoms with Crippen LogP contribution in [0.15, 0.2) is 57.8 Å². The number of hydrogen-bond donors (Lipinski definition) is 0. The minimum atomic E-state index is -4.00. The van der Waals surface area contributed by atoms with E-state index in [1.165, 1.54) is 7.05 Å². The number of furan rings is 1. The highest BCUT2D eigenvalue weighted by Crippen LogP contribution is 2.30. The maximum Gasteiger partial charge on any atom is 0.243 e. The molecule has 2 aromatic carbocycles. The predicted octanol–water partition coefficient (Wildman–Crippen LogP) is 4.09. The lowest BCUT2D eigenvalue weighted by Gasteiger charge is -2.22. The lowest BCUT2D eigenvalue weighted by atomic mass is 10.2. The summed E-state index contributed by atoms with van der Waals surface area (Å²) in [5.74, 6) is -1.84. The molecule has 0 saturated carbocycles. The maximum atomic E-state index is 13.4. The van der Waals surface area contributed by atoms with Crippen molar-refractivity contribution in [2.75, 3.05) is 7.05 Å². The number of sulfonamides is 1. The van der Waals surface area contributed by atoms with Gasteiger partial charge >= 0.3 is 0 Å². The molecule has 7 heteroatoms. The first-order chi connectivity index (χ1) is 11.3. The number of nitrogens with zero attached hydrogens (tertiary/aromatic N) is 1. The average molecular weight is 351 g/mol. The van der Waals surface area contributed by atoms with Gasteiger partial charge in [0.15, 0.2) is 11.6 Å². The van der Waals surface area contributed by atoms with Crippen LogP contribution in [0.25, 0.3) is 11.0 Å². The third-order valence-corrected chi connectivity index (χ3v) is 5.89. The quantitative estimate of drug-likeness (QED) is 0.711. The van der Waals surface area contributed by atoms with E-state index in [1.54, 1.807) is 19.1 Å². The smallest absolute Gasteiger partial charge is 0.243 e. The molecule has 0 unspecified atom stereocenters. The number of rotatable bonds is 4. The molecular weight excluding hydrogens is 336 g/mol. The zero-order valence-corrected chi connectivity index (χ0v) is 13.8. The van der Waals surface area contributed by atoms with Crippen LogP contribution in [0.2, 0.25) is 0 Å². The van der Waals surface area contributed by atoms with Gasteiger partial charge in [-0.2, -0.15) is 4.31 Å². The molecule has 3 aromatic rings. The van der Waals surface area contributed by atoms with Crippen LogP contribution in [0, 0.1) is 11.6 Å². The molecule has 0 aliphatic rings. The van der Waals surface area contributed by atoms with Crippen LogP contribution in [-0.2, 0) is 10.0 Å². The zero-order chi connectivity index (χ0) is 17.5. The molecule has 0 radical (unpaired) electrons. The van der Waals surface area contributed by atoms with Crippen LogP contribution in [0.1, 0.15) is 18.7 Å². The first kappa shape index (κ1) is 16.6. The van der Waals surface area contributed by atoms with Crippen LogP contribution in [0.5, 0.6) is 0 Å². The van der Waals surface area contributed by atoms with Crippen LogP contribution < -0.4 is 0 Å². The molecule has 0 spiro atoms. The monoisotopic (exact) mass is 351 g/mol. The van der Waals surface area contributed by atoms with Gasteiger partial charge in [-0.3, -0.25) is 0 Å². The molecule has 0 amide bonds. The average Bonchev–Trinajstić information content (AvgIpc) is 2.99. The summed E-state index contributed by atoms with van der Waals surface area (Å²) in [5, 5.41) is 0.859. The third kappa shape index (κ3) is 2.81. The number of halogens is 2. The highest BCUT2D eigenvalue weighted by Gasteiger charge is 2.29. The molecule has 3 rings (SSSR count). The Morgan fingerprint density at radius 3 is 2.42 bits per heavy atom. The first-order valence-electron chi connectivity index (χ1n) is 7.22. The van der Waals surface area contributed by atoms with E-state index in [0.717, 1.165) is 21.8 Å². The van der Waals surface area contributed by atoms with Crippen molar-refractivity contribution in [1.82, 2.24) is 4.31 Å². The minimum Gasteiger partial charge on any atom is -0.459 e. The van der Waals surface area contributed by atoms with Gasteiger partial charge in [0.05, 0.1) is 10.9 Å². The van der Waals surface area contributed by atoms with E-state index in [4.69, 9.17) is 4.42 Å². The lowest BCUT2D eigenvalue weighted by Crippen LogP contribution is -2.29. The molecule has 0 bridgehead atoms. The Balaban J connectivity index is 1.96. The van der Waals surface area contributed by atoms with Gasteiger partial charge in [0.25, 0.3) is 0 Å². The van der Waals surface area contributed by atoms with E-state index in [1.807, 2.05) is 18.2 Å². The summed E-state index contributed by atoms with van der Waals surface area (Å²) in [6, 6.07) is 11.0. The van der Waals surface area contributed by atoms with Crippen LogP contribution in [0.3, 0.4) is 0 Å². The maximum absolute atomic E-state index is 13.4. The fraction of sp³-hybridized carbons (Fsp3) is 0.176. The standard InChI is InChI=1S/C17H15F2NO3S/c1-11(17-9-12-5-3-4-6-16(12)23-17)20(2)24(21,22)13-7-8-14(18)15(19)10-13/h3-11H,1-2H3/t11-/m1/s1. The summed E-state index contributed by atoms with van der Waals surface area (Å²) < 4.78 is 58.4. The van der Waals surface area contributed by atoms with Crippen molar-refractivity contribution >= 4 is 21.0 Å². The molecule has 0 aliphatic heterocycles. The van der Waals surface area contributed by atoms with Crippen molar-refractivity contribution < 1.29 is 21.6 Å². The van der Waals surface area contributed by atoms with E-state index in [-0.39, 0.29) is 4.90 Å². The molecule has 126 valence electrons. The van der Waals surface area contributed by atoms with Crippen LogP contribution >= 0.6 is 0 Å². The molecule has 0 N–H and O–H groups in total. The molecule has 1 atom stereocenters. The Morgan fingerprint density at radius 1 is 1.04 bits per heavy atom. The van der Waals surface area contributed by atoms with E-state index < -0.39 is 27.7 Å². The Morgan fingerprint density at radius 2 is 1.75 bits per heavy atom. The summed E-state index contributed by atoms with van der Waals surface area (Å²) in [7, 11) is -2.63. The Kier molecular flexibility index (Phi) is 4.15. The summed E-state index contributed by atoms with van der Waals surface area (Å²) in [6.07, 6.45) is 0. The van der Waals surface area contributed by atoms with E-state index in [0.29, 0.717) is 17.4 Å². The van der Waals surface area contributed by atoms with Gasteiger partial charge in [0.2, 0.25) is 10.0 Å². The molecule has 1 aromatic heterocycles. The van der Waals surface area contributed by atoms with E-state index >= 15 is 0 Å². The lowest BCUT2D eigenvalue weighted by molar-refractivity contribution is 0.348. The molecule has 24 heavy (non-hydrogen) atoms. The first-order valence-corrected chi connectivity index (χ1v) is 8.66. The van der Waals surface area contributed by atoms with Gasteiger partial charge in [0.1, 0.15) is 11.3 Å². The second-order valence-corrected chi connectivity index (χ2v) is 7.46. The number of para-hydroxylation sites is 1. The van der Waals surface area contributed by atoms with Crippen LogP contribution in [0.4, 0.5) is 8.78 Å². The predicted molar refractivity (Wildman–Crippen MR) is 85.9 cm³/mol. The molecule has 4 nitrogen and oxygen atoms in total. The van der Waals surface area contributed by atoms with Crippen molar-refractivity contribution in [1.29, 1.82) is 0 Å². The summed E-state index contributed by atoms with van der Waals surface area (Å²) in [6.45, 7) is 1.66. The topological polar surface area (TPSA) is 50.5 Å². The Bertz CT molecular complexity index is 965. The summed E-state index contributed by atoms with van der Waals surface area (Å²) in [4.78, 5) is -0.313. The number of hydrogen-bond acceptors (Lipinski definition) is 3. The Hall–Kier alpha value is -2.25. The minimum absolute atomic E-state index is 0.313. The normalized spacial score (nSPS) is 13.5. The molecule has 0 saturated heterocycles. The van der Waals surface area contributed by atoms with Crippen molar-refractivity contribution in [2.45, 2.75) is 17.9 Å². The zero-order valence-electron chi connectivity index (χ0n) is 13.0. The van der Waals surface area contributed by atoms with Gasteiger partial charge in [-0.15, -0.1) is 0 Å². The fourth-order valence-electron chi connectivity index (χ4n) is 2.40. The van der Waals surface area contributed by atoms with Gasteiger partial charge in [-0.1, -0.05) is 18.2 Å². The highest BCUT2D eigenvalue weighted by molar-refractivity contribution is 7.89. The third-order valence-electron chi connectivity index (χ3n) is 3.97. The number of benzene rings is 2.